The summed E-state index contributed by atoms with van der Waals surface area (Å²) in [6.07, 6.45) is 1.67. The Morgan fingerprint density at radius 1 is 1.29 bits per heavy atom. The molecule has 2 heterocycles. The summed E-state index contributed by atoms with van der Waals surface area (Å²) in [6, 6.07) is 8.09. The number of benzene rings is 1. The highest BCUT2D eigenvalue weighted by atomic mass is 15.5. The van der Waals surface area contributed by atoms with Gasteiger partial charge in [-0.3, -0.25) is 9.58 Å². The molecular formula is C9H9N5. The van der Waals surface area contributed by atoms with Crippen LogP contribution in [-0.4, -0.2) is 14.8 Å². The lowest BCUT2D eigenvalue weighted by Crippen LogP contribution is -2.35. The summed E-state index contributed by atoms with van der Waals surface area (Å²) in [6.45, 7) is 0.675. The van der Waals surface area contributed by atoms with Crippen LogP contribution in [0, 0.1) is 0 Å². The Kier molecular flexibility index (Phi) is 1.37. The number of hydrazine groups is 1. The summed E-state index contributed by atoms with van der Waals surface area (Å²) in [4.78, 5) is 0. The first-order valence-electron chi connectivity index (χ1n) is 4.37. The van der Waals surface area contributed by atoms with Gasteiger partial charge in [0.05, 0.1) is 12.2 Å². The normalized spacial score (nSPS) is 13.6. The zero-order valence-electron chi connectivity index (χ0n) is 7.46. The molecule has 0 saturated carbocycles. The predicted molar refractivity (Wildman–Crippen MR) is 51.7 cm³/mol. The summed E-state index contributed by atoms with van der Waals surface area (Å²) >= 11 is 0. The van der Waals surface area contributed by atoms with Crippen molar-refractivity contribution in [1.29, 1.82) is 0 Å². The second-order valence-electron chi connectivity index (χ2n) is 3.26. The van der Waals surface area contributed by atoms with Crippen LogP contribution in [-0.2, 0) is 6.54 Å². The van der Waals surface area contributed by atoms with E-state index >= 15 is 0 Å². The molecule has 0 bridgehead atoms. The molecule has 1 aromatic heterocycles. The van der Waals surface area contributed by atoms with Crippen LogP contribution in [0.5, 0.6) is 0 Å². The summed E-state index contributed by atoms with van der Waals surface area (Å²) < 4.78 is 1.89. The minimum atomic E-state index is 0.675. The van der Waals surface area contributed by atoms with Gasteiger partial charge in [-0.2, -0.15) is 0 Å². The molecule has 2 N–H and O–H groups in total. The fourth-order valence-corrected chi connectivity index (χ4v) is 1.73. The van der Waals surface area contributed by atoms with Crippen molar-refractivity contribution < 1.29 is 0 Å². The van der Waals surface area contributed by atoms with Crippen LogP contribution in [0.4, 0.5) is 5.95 Å². The molecule has 1 aliphatic heterocycles. The second kappa shape index (κ2) is 2.55. The number of rotatable bonds is 0. The predicted octanol–water partition coefficient (Wildman–Crippen LogP) is 0.461. The molecular weight excluding hydrogens is 178 g/mol. The van der Waals surface area contributed by atoms with E-state index in [9.17, 15) is 0 Å². The van der Waals surface area contributed by atoms with Crippen molar-refractivity contribution in [3.05, 3.63) is 36.2 Å². The quantitative estimate of drug-likeness (QED) is 0.609. The summed E-state index contributed by atoms with van der Waals surface area (Å²) in [5.74, 6) is 6.50. The van der Waals surface area contributed by atoms with E-state index in [1.807, 2.05) is 22.8 Å². The third kappa shape index (κ3) is 0.869. The maximum Gasteiger partial charge on any atom is 0.246 e. The number of para-hydroxylation sites is 1. The van der Waals surface area contributed by atoms with E-state index in [1.54, 1.807) is 11.3 Å². The van der Waals surface area contributed by atoms with Crippen molar-refractivity contribution in [2.24, 2.45) is 5.84 Å². The van der Waals surface area contributed by atoms with Crippen molar-refractivity contribution in [2.45, 2.75) is 6.54 Å². The van der Waals surface area contributed by atoms with Gasteiger partial charge >= 0.3 is 0 Å². The number of anilines is 1. The van der Waals surface area contributed by atoms with Crippen molar-refractivity contribution in [3.8, 4) is 5.69 Å². The van der Waals surface area contributed by atoms with Gasteiger partial charge in [-0.1, -0.05) is 18.2 Å². The largest absolute Gasteiger partial charge is 0.274 e. The lowest BCUT2D eigenvalue weighted by Gasteiger charge is -2.25. The van der Waals surface area contributed by atoms with Crippen LogP contribution in [0.25, 0.3) is 5.69 Å². The number of nitrogens with two attached hydrogens (primary N) is 1. The molecule has 0 radical (unpaired) electrons. The Morgan fingerprint density at radius 3 is 3.07 bits per heavy atom. The Bertz CT molecular complexity index is 476. The van der Waals surface area contributed by atoms with Crippen LogP contribution in [0.3, 0.4) is 0 Å². The van der Waals surface area contributed by atoms with E-state index in [0.717, 1.165) is 5.69 Å². The van der Waals surface area contributed by atoms with Crippen molar-refractivity contribution in [3.63, 3.8) is 0 Å². The SMILES string of the molecule is NN1Cc2ccccc2-n2cnnc21. The number of aromatic nitrogens is 3. The van der Waals surface area contributed by atoms with E-state index < -0.39 is 0 Å². The summed E-state index contributed by atoms with van der Waals surface area (Å²) in [5.41, 5.74) is 2.29. The first kappa shape index (κ1) is 7.52. The smallest absolute Gasteiger partial charge is 0.246 e. The summed E-state index contributed by atoms with van der Waals surface area (Å²) in [7, 11) is 0. The number of hydrogen-bond acceptors (Lipinski definition) is 4. The molecule has 1 aliphatic rings. The Labute approximate surface area is 80.7 Å². The van der Waals surface area contributed by atoms with Crippen molar-refractivity contribution >= 4 is 5.95 Å². The van der Waals surface area contributed by atoms with Gasteiger partial charge < -0.3 is 0 Å². The molecule has 0 spiro atoms. The minimum absolute atomic E-state index is 0.675. The highest BCUT2D eigenvalue weighted by Gasteiger charge is 2.20. The van der Waals surface area contributed by atoms with Crippen LogP contribution < -0.4 is 10.9 Å². The van der Waals surface area contributed by atoms with E-state index in [4.69, 9.17) is 5.84 Å². The van der Waals surface area contributed by atoms with Gasteiger partial charge in [0.2, 0.25) is 5.95 Å². The topological polar surface area (TPSA) is 60.0 Å². The first-order valence-corrected chi connectivity index (χ1v) is 4.37. The third-order valence-corrected chi connectivity index (χ3v) is 2.38. The third-order valence-electron chi connectivity index (χ3n) is 2.38. The Hall–Kier alpha value is -1.88. The molecule has 2 aromatic rings. The molecule has 3 rings (SSSR count). The molecule has 5 nitrogen and oxygen atoms in total. The highest BCUT2D eigenvalue weighted by Crippen LogP contribution is 2.25. The van der Waals surface area contributed by atoms with Gasteiger partial charge in [-0.15, -0.1) is 10.2 Å². The molecule has 0 saturated heterocycles. The first-order chi connectivity index (χ1) is 6.86. The van der Waals surface area contributed by atoms with E-state index in [2.05, 4.69) is 16.3 Å². The zero-order chi connectivity index (χ0) is 9.54. The molecule has 1 aromatic carbocycles. The Morgan fingerprint density at radius 2 is 2.14 bits per heavy atom. The zero-order valence-corrected chi connectivity index (χ0v) is 7.46. The maximum atomic E-state index is 5.82. The minimum Gasteiger partial charge on any atom is -0.274 e. The molecule has 0 atom stereocenters. The van der Waals surface area contributed by atoms with E-state index in [0.29, 0.717) is 12.5 Å². The van der Waals surface area contributed by atoms with Gasteiger partial charge in [-0.05, 0) is 11.6 Å². The van der Waals surface area contributed by atoms with Gasteiger partial charge in [0, 0.05) is 0 Å². The standard InChI is InChI=1S/C9H9N5/c10-14-5-7-3-1-2-4-8(7)13-6-11-12-9(13)14/h1-4,6H,5,10H2. The number of hydrogen-bond donors (Lipinski definition) is 1. The van der Waals surface area contributed by atoms with Crippen LogP contribution in [0.15, 0.2) is 30.6 Å². The number of fused-ring (bicyclic) bond motifs is 3. The highest BCUT2D eigenvalue weighted by molar-refractivity contribution is 5.52. The molecule has 14 heavy (non-hydrogen) atoms. The fraction of sp³-hybridized carbons (Fsp3) is 0.111. The van der Waals surface area contributed by atoms with E-state index in [1.165, 1.54) is 5.56 Å². The molecule has 0 unspecified atom stereocenters. The van der Waals surface area contributed by atoms with Gasteiger partial charge in [-0.25, -0.2) is 5.84 Å². The maximum absolute atomic E-state index is 5.82. The fourth-order valence-electron chi connectivity index (χ4n) is 1.73. The molecule has 0 amide bonds. The van der Waals surface area contributed by atoms with Crippen molar-refractivity contribution in [1.82, 2.24) is 14.8 Å². The average molecular weight is 187 g/mol. The van der Waals surface area contributed by atoms with Crippen LogP contribution in [0.2, 0.25) is 0 Å². The van der Waals surface area contributed by atoms with Gasteiger partial charge in [0.1, 0.15) is 6.33 Å². The van der Waals surface area contributed by atoms with Crippen molar-refractivity contribution in [2.75, 3.05) is 5.01 Å². The average Bonchev–Trinajstić information content (AvgIpc) is 2.67. The second-order valence-corrected chi connectivity index (χ2v) is 3.26. The van der Waals surface area contributed by atoms with Crippen LogP contribution >= 0.6 is 0 Å². The lowest BCUT2D eigenvalue weighted by atomic mass is 10.1. The van der Waals surface area contributed by atoms with E-state index in [-0.39, 0.29) is 0 Å². The van der Waals surface area contributed by atoms with Gasteiger partial charge in [0.15, 0.2) is 0 Å². The molecule has 5 heteroatoms. The number of nitrogens with zero attached hydrogens (tertiary/aromatic N) is 4. The molecule has 70 valence electrons. The Balaban J connectivity index is 2.29. The summed E-state index contributed by atoms with van der Waals surface area (Å²) in [5, 5.41) is 9.39. The van der Waals surface area contributed by atoms with Gasteiger partial charge in [0.25, 0.3) is 0 Å². The monoisotopic (exact) mass is 187 g/mol. The van der Waals surface area contributed by atoms with Crippen LogP contribution in [0.1, 0.15) is 5.56 Å². The lowest BCUT2D eigenvalue weighted by molar-refractivity contribution is 0.754. The molecule has 0 fully saturated rings. The molecule has 0 aliphatic carbocycles.